The largest absolute Gasteiger partial charge is 0.456 e. The Kier molecular flexibility index (Phi) is 5.78. The molecule has 3 aromatic carbocycles. The van der Waals surface area contributed by atoms with Crippen molar-refractivity contribution < 1.29 is 9.15 Å². The van der Waals surface area contributed by atoms with Crippen molar-refractivity contribution in [2.75, 3.05) is 0 Å². The standard InChI is InChI=1S/C30H26N2O2.ClH/c1-18-9-10-19(2)22(15-18)17-32-21(4)20(3)24-13-14-31-30(29(24)32)33-23-11-12-28-26(16-23)25-7-5-6-8-27(25)34-28;/h5-16H,17H2,1-4H3;1H. The molecule has 6 rings (SSSR count). The van der Waals surface area contributed by atoms with Gasteiger partial charge in [0, 0.05) is 34.6 Å². The fourth-order valence-corrected chi connectivity index (χ4v) is 4.86. The molecule has 6 aromatic rings. The van der Waals surface area contributed by atoms with Crippen LogP contribution in [0, 0.1) is 27.7 Å². The number of ether oxygens (including phenoxy) is 1. The molecule has 0 aliphatic carbocycles. The highest BCUT2D eigenvalue weighted by Crippen LogP contribution is 2.36. The van der Waals surface area contributed by atoms with E-state index in [1.54, 1.807) is 0 Å². The third kappa shape index (κ3) is 3.84. The van der Waals surface area contributed by atoms with Crippen molar-refractivity contribution in [3.8, 4) is 11.6 Å². The molecule has 0 N–H and O–H groups in total. The summed E-state index contributed by atoms with van der Waals surface area (Å²) < 4.78 is 14.8. The van der Waals surface area contributed by atoms with Gasteiger partial charge in [-0.1, -0.05) is 42.0 Å². The van der Waals surface area contributed by atoms with Gasteiger partial charge in [0.1, 0.15) is 22.4 Å². The van der Waals surface area contributed by atoms with E-state index >= 15 is 0 Å². The molecule has 176 valence electrons. The molecular formula is C30H27ClN2O2. The molecule has 0 radical (unpaired) electrons. The predicted molar refractivity (Wildman–Crippen MR) is 145 cm³/mol. The number of benzene rings is 3. The SMILES string of the molecule is Cc1ccc(C)c(Cn2c(C)c(C)c3ccnc(Oc4ccc5oc6ccccc6c5c4)c32)c1.Cl. The molecule has 0 saturated carbocycles. The minimum atomic E-state index is 0. The minimum Gasteiger partial charge on any atom is -0.456 e. The lowest BCUT2D eigenvalue weighted by Crippen LogP contribution is -2.05. The van der Waals surface area contributed by atoms with E-state index in [0.29, 0.717) is 5.88 Å². The van der Waals surface area contributed by atoms with E-state index in [-0.39, 0.29) is 12.4 Å². The van der Waals surface area contributed by atoms with E-state index in [0.717, 1.165) is 39.7 Å². The lowest BCUT2D eigenvalue weighted by Gasteiger charge is -2.14. The Balaban J connectivity index is 0.00000253. The second kappa shape index (κ2) is 8.79. The smallest absolute Gasteiger partial charge is 0.244 e. The number of para-hydroxylation sites is 1. The maximum atomic E-state index is 6.45. The molecule has 4 nitrogen and oxygen atoms in total. The third-order valence-electron chi connectivity index (χ3n) is 6.91. The third-order valence-corrected chi connectivity index (χ3v) is 6.91. The topological polar surface area (TPSA) is 40.2 Å². The molecule has 0 aliphatic rings. The van der Waals surface area contributed by atoms with Crippen LogP contribution in [0.25, 0.3) is 32.8 Å². The van der Waals surface area contributed by atoms with Crippen LogP contribution in [0.2, 0.25) is 0 Å². The van der Waals surface area contributed by atoms with Gasteiger partial charge in [0.15, 0.2) is 0 Å². The number of furan rings is 1. The Morgan fingerprint density at radius 1 is 0.829 bits per heavy atom. The van der Waals surface area contributed by atoms with Crippen LogP contribution in [0.3, 0.4) is 0 Å². The fraction of sp³-hybridized carbons (Fsp3) is 0.167. The van der Waals surface area contributed by atoms with E-state index < -0.39 is 0 Å². The highest BCUT2D eigenvalue weighted by molar-refractivity contribution is 6.05. The first-order valence-corrected chi connectivity index (χ1v) is 11.6. The van der Waals surface area contributed by atoms with Gasteiger partial charge in [0.05, 0.1) is 0 Å². The van der Waals surface area contributed by atoms with Gasteiger partial charge >= 0.3 is 0 Å². The zero-order chi connectivity index (χ0) is 23.4. The minimum absolute atomic E-state index is 0. The number of nitrogens with zero attached hydrogens (tertiary/aromatic N) is 2. The number of pyridine rings is 1. The molecule has 0 spiro atoms. The maximum absolute atomic E-state index is 6.45. The molecule has 5 heteroatoms. The van der Waals surface area contributed by atoms with Gasteiger partial charge in [-0.3, -0.25) is 0 Å². The van der Waals surface area contributed by atoms with E-state index in [4.69, 9.17) is 9.15 Å². The number of halogens is 1. The lowest BCUT2D eigenvalue weighted by molar-refractivity contribution is 0.466. The quantitative estimate of drug-likeness (QED) is 0.253. The monoisotopic (exact) mass is 482 g/mol. The molecule has 0 bridgehead atoms. The molecule has 3 heterocycles. The Morgan fingerprint density at radius 3 is 2.49 bits per heavy atom. The van der Waals surface area contributed by atoms with E-state index in [1.165, 1.54) is 33.3 Å². The van der Waals surface area contributed by atoms with Crippen LogP contribution >= 0.6 is 12.4 Å². The van der Waals surface area contributed by atoms with Crippen LogP contribution in [0.4, 0.5) is 0 Å². The molecule has 0 aliphatic heterocycles. The van der Waals surface area contributed by atoms with Crippen LogP contribution < -0.4 is 4.74 Å². The summed E-state index contributed by atoms with van der Waals surface area (Å²) in [6, 6.07) is 22.7. The van der Waals surface area contributed by atoms with Gasteiger partial charge < -0.3 is 13.7 Å². The van der Waals surface area contributed by atoms with Crippen molar-refractivity contribution in [1.29, 1.82) is 0 Å². The summed E-state index contributed by atoms with van der Waals surface area (Å²) in [5, 5.41) is 3.29. The average Bonchev–Trinajstić information content (AvgIpc) is 3.32. The van der Waals surface area contributed by atoms with Crippen LogP contribution in [-0.2, 0) is 6.54 Å². The summed E-state index contributed by atoms with van der Waals surface area (Å²) in [6.07, 6.45) is 1.83. The molecule has 3 aromatic heterocycles. The maximum Gasteiger partial charge on any atom is 0.244 e. The Labute approximate surface area is 210 Å². The first kappa shape index (κ1) is 23.0. The van der Waals surface area contributed by atoms with Gasteiger partial charge in [-0.15, -0.1) is 12.4 Å². The van der Waals surface area contributed by atoms with Gasteiger partial charge in [0.2, 0.25) is 5.88 Å². The number of fused-ring (bicyclic) bond motifs is 4. The summed E-state index contributed by atoms with van der Waals surface area (Å²) in [6.45, 7) is 9.43. The highest BCUT2D eigenvalue weighted by atomic mass is 35.5. The normalized spacial score (nSPS) is 11.3. The van der Waals surface area contributed by atoms with Crippen molar-refractivity contribution in [2.45, 2.75) is 34.2 Å². The molecule has 0 atom stereocenters. The molecule has 35 heavy (non-hydrogen) atoms. The summed E-state index contributed by atoms with van der Waals surface area (Å²) in [5.41, 5.74) is 9.09. The van der Waals surface area contributed by atoms with Crippen molar-refractivity contribution in [3.05, 3.63) is 101 Å². The molecular weight excluding hydrogens is 456 g/mol. The molecule has 0 amide bonds. The Bertz CT molecular complexity index is 1710. The first-order valence-electron chi connectivity index (χ1n) is 11.6. The van der Waals surface area contributed by atoms with Gasteiger partial charge in [0.25, 0.3) is 0 Å². The zero-order valence-corrected chi connectivity index (χ0v) is 21.1. The Hall–Kier alpha value is -3.76. The van der Waals surface area contributed by atoms with Gasteiger partial charge in [-0.05, 0) is 74.7 Å². The average molecular weight is 483 g/mol. The highest BCUT2D eigenvalue weighted by Gasteiger charge is 2.18. The lowest BCUT2D eigenvalue weighted by atomic mass is 10.1. The molecule has 0 fully saturated rings. The molecule has 0 saturated heterocycles. The number of aromatic nitrogens is 2. The second-order valence-electron chi connectivity index (χ2n) is 9.10. The van der Waals surface area contributed by atoms with Crippen molar-refractivity contribution in [2.24, 2.45) is 0 Å². The van der Waals surface area contributed by atoms with E-state index in [1.807, 2.05) is 42.6 Å². The number of rotatable bonds is 4. The van der Waals surface area contributed by atoms with Crippen LogP contribution in [0.1, 0.15) is 27.9 Å². The van der Waals surface area contributed by atoms with Crippen LogP contribution in [0.5, 0.6) is 11.6 Å². The van der Waals surface area contributed by atoms with E-state index in [2.05, 4.69) is 67.6 Å². The van der Waals surface area contributed by atoms with Crippen LogP contribution in [-0.4, -0.2) is 9.55 Å². The number of hydrogen-bond acceptors (Lipinski definition) is 3. The molecule has 0 unspecified atom stereocenters. The van der Waals surface area contributed by atoms with Crippen molar-refractivity contribution >= 4 is 45.2 Å². The van der Waals surface area contributed by atoms with Crippen molar-refractivity contribution in [1.82, 2.24) is 9.55 Å². The van der Waals surface area contributed by atoms with Gasteiger partial charge in [-0.25, -0.2) is 4.98 Å². The van der Waals surface area contributed by atoms with Crippen molar-refractivity contribution in [3.63, 3.8) is 0 Å². The second-order valence-corrected chi connectivity index (χ2v) is 9.10. The first-order chi connectivity index (χ1) is 16.5. The predicted octanol–water partition coefficient (Wildman–Crippen LogP) is 8.43. The van der Waals surface area contributed by atoms with E-state index in [9.17, 15) is 0 Å². The van der Waals surface area contributed by atoms with Gasteiger partial charge in [-0.2, -0.15) is 0 Å². The van der Waals surface area contributed by atoms with Crippen LogP contribution in [0.15, 0.2) is 77.3 Å². The summed E-state index contributed by atoms with van der Waals surface area (Å²) in [7, 11) is 0. The number of hydrogen-bond donors (Lipinski definition) is 0. The summed E-state index contributed by atoms with van der Waals surface area (Å²) in [4.78, 5) is 4.66. The zero-order valence-electron chi connectivity index (χ0n) is 20.3. The fourth-order valence-electron chi connectivity index (χ4n) is 4.86. The summed E-state index contributed by atoms with van der Waals surface area (Å²) in [5.74, 6) is 1.36. The Morgan fingerprint density at radius 2 is 1.63 bits per heavy atom. The summed E-state index contributed by atoms with van der Waals surface area (Å²) >= 11 is 0. The number of aryl methyl sites for hydroxylation is 3.